The van der Waals surface area contributed by atoms with E-state index in [2.05, 4.69) is 14.8 Å². The van der Waals surface area contributed by atoms with Crippen LogP contribution in [0.25, 0.3) is 0 Å². The van der Waals surface area contributed by atoms with Gasteiger partial charge in [0, 0.05) is 25.0 Å². The quantitative estimate of drug-likeness (QED) is 0.673. The van der Waals surface area contributed by atoms with Gasteiger partial charge in [0.15, 0.2) is 15.0 Å². The zero-order chi connectivity index (χ0) is 19.6. The predicted octanol–water partition coefficient (Wildman–Crippen LogP) is 2.45. The van der Waals surface area contributed by atoms with Crippen molar-refractivity contribution in [2.75, 3.05) is 17.3 Å². The number of rotatable bonds is 5. The Morgan fingerprint density at radius 1 is 1.04 bits per heavy atom. The van der Waals surface area contributed by atoms with E-state index in [1.54, 1.807) is 0 Å². The highest BCUT2D eigenvalue weighted by molar-refractivity contribution is 7.99. The molecule has 0 N–H and O–H groups in total. The molecule has 156 valence electrons. The number of aryl methyl sites for hydroxylation is 1. The van der Waals surface area contributed by atoms with Crippen molar-refractivity contribution in [1.82, 2.24) is 19.7 Å². The van der Waals surface area contributed by atoms with Crippen LogP contribution >= 0.6 is 11.8 Å². The summed E-state index contributed by atoms with van der Waals surface area (Å²) in [6, 6.07) is 0.0346. The summed E-state index contributed by atoms with van der Waals surface area (Å²) >= 11 is 1.46. The molecule has 0 bridgehead atoms. The molecule has 2 aliphatic heterocycles. The van der Waals surface area contributed by atoms with Gasteiger partial charge in [-0.15, -0.1) is 10.2 Å². The Morgan fingerprint density at radius 3 is 2.57 bits per heavy atom. The van der Waals surface area contributed by atoms with Crippen LogP contribution in [0.15, 0.2) is 5.16 Å². The Labute approximate surface area is 171 Å². The van der Waals surface area contributed by atoms with E-state index in [4.69, 9.17) is 0 Å². The highest BCUT2D eigenvalue weighted by Crippen LogP contribution is 2.30. The fourth-order valence-corrected chi connectivity index (χ4v) is 7.39. The van der Waals surface area contributed by atoms with E-state index in [1.807, 2.05) is 4.90 Å². The van der Waals surface area contributed by atoms with Crippen molar-refractivity contribution >= 4 is 27.5 Å². The lowest BCUT2D eigenvalue weighted by molar-refractivity contribution is -0.133. The van der Waals surface area contributed by atoms with Gasteiger partial charge in [0.1, 0.15) is 5.82 Å². The number of fused-ring (bicyclic) bond motifs is 1. The lowest BCUT2D eigenvalue weighted by Gasteiger charge is -2.38. The van der Waals surface area contributed by atoms with E-state index >= 15 is 0 Å². The number of nitrogens with zero attached hydrogens (tertiary/aromatic N) is 4. The predicted molar refractivity (Wildman–Crippen MR) is 109 cm³/mol. The van der Waals surface area contributed by atoms with Crippen molar-refractivity contribution < 1.29 is 13.2 Å². The Balaban J connectivity index is 1.46. The molecule has 0 unspecified atom stereocenters. The lowest BCUT2D eigenvalue weighted by atomic mass is 9.93. The van der Waals surface area contributed by atoms with Gasteiger partial charge in [0.2, 0.25) is 5.91 Å². The van der Waals surface area contributed by atoms with Gasteiger partial charge in [0.05, 0.1) is 17.3 Å². The zero-order valence-corrected chi connectivity index (χ0v) is 18.0. The van der Waals surface area contributed by atoms with E-state index in [0.29, 0.717) is 12.2 Å². The number of carbonyl (C=O) groups excluding carboxylic acids is 1. The maximum atomic E-state index is 13.2. The van der Waals surface area contributed by atoms with Crippen molar-refractivity contribution in [1.29, 1.82) is 0 Å². The van der Waals surface area contributed by atoms with Crippen LogP contribution in [-0.2, 0) is 27.6 Å². The average Bonchev–Trinajstić information content (AvgIpc) is 3.14. The van der Waals surface area contributed by atoms with Gasteiger partial charge < -0.3 is 9.47 Å². The molecule has 28 heavy (non-hydrogen) atoms. The molecule has 9 heteroatoms. The summed E-state index contributed by atoms with van der Waals surface area (Å²) < 4.78 is 26.2. The van der Waals surface area contributed by atoms with Crippen LogP contribution in [0.2, 0.25) is 0 Å². The first-order valence-electron chi connectivity index (χ1n) is 10.6. The molecule has 3 heterocycles. The van der Waals surface area contributed by atoms with Gasteiger partial charge in [-0.2, -0.15) is 0 Å². The first kappa shape index (κ1) is 20.2. The van der Waals surface area contributed by atoms with E-state index < -0.39 is 9.84 Å². The van der Waals surface area contributed by atoms with Crippen LogP contribution in [0, 0.1) is 0 Å². The molecular formula is C19H30N4O3S2. The minimum absolute atomic E-state index is 0.0602. The third-order valence-electron chi connectivity index (χ3n) is 6.26. The third kappa shape index (κ3) is 4.56. The molecule has 0 aromatic carbocycles. The number of sulfone groups is 1. The van der Waals surface area contributed by atoms with Gasteiger partial charge >= 0.3 is 0 Å². The van der Waals surface area contributed by atoms with Crippen LogP contribution < -0.4 is 0 Å². The molecule has 3 aliphatic rings. The van der Waals surface area contributed by atoms with Crippen LogP contribution in [0.4, 0.5) is 0 Å². The highest BCUT2D eigenvalue weighted by atomic mass is 32.2. The topological polar surface area (TPSA) is 85.2 Å². The maximum absolute atomic E-state index is 13.2. The van der Waals surface area contributed by atoms with Gasteiger partial charge in [0.25, 0.3) is 0 Å². The summed E-state index contributed by atoms with van der Waals surface area (Å²) in [5.74, 6) is 1.73. The first-order chi connectivity index (χ1) is 13.5. The van der Waals surface area contributed by atoms with Gasteiger partial charge in [-0.05, 0) is 32.1 Å². The summed E-state index contributed by atoms with van der Waals surface area (Å²) in [6.07, 6.45) is 10.5. The molecule has 0 spiro atoms. The Morgan fingerprint density at radius 2 is 1.82 bits per heavy atom. The molecule has 1 amide bonds. The smallest absolute Gasteiger partial charge is 0.233 e. The monoisotopic (exact) mass is 426 g/mol. The van der Waals surface area contributed by atoms with E-state index in [0.717, 1.165) is 62.5 Å². The summed E-state index contributed by atoms with van der Waals surface area (Å²) in [6.45, 7) is 0.923. The second-order valence-electron chi connectivity index (χ2n) is 8.30. The van der Waals surface area contributed by atoms with Crippen molar-refractivity contribution in [2.45, 2.75) is 88.0 Å². The largest absolute Gasteiger partial charge is 0.335 e. The molecule has 0 radical (unpaired) electrons. The Kier molecular flexibility index (Phi) is 6.30. The standard InChI is InChI=1S/C19H30N4O3S2/c24-18(13-27-19-21-20-17-9-5-2-6-11-22(17)19)23(15-7-3-1-4-8-15)16-10-12-28(25,26)14-16/h15-16H,1-14H2/t16-/m1/s1. The number of carbonyl (C=O) groups is 1. The number of thioether (sulfide) groups is 1. The molecule has 1 saturated heterocycles. The Hall–Kier alpha value is -1.09. The van der Waals surface area contributed by atoms with Crippen LogP contribution in [-0.4, -0.2) is 63.3 Å². The van der Waals surface area contributed by atoms with Crippen molar-refractivity contribution in [3.05, 3.63) is 5.82 Å². The summed E-state index contributed by atoms with van der Waals surface area (Å²) in [5.41, 5.74) is 0. The number of aromatic nitrogens is 3. The summed E-state index contributed by atoms with van der Waals surface area (Å²) in [4.78, 5) is 15.2. The molecule has 2 fully saturated rings. The normalized spacial score (nSPS) is 25.2. The second-order valence-corrected chi connectivity index (χ2v) is 11.5. The molecule has 1 saturated carbocycles. The van der Waals surface area contributed by atoms with Crippen molar-refractivity contribution in [3.63, 3.8) is 0 Å². The first-order valence-corrected chi connectivity index (χ1v) is 13.4. The number of amides is 1. The van der Waals surface area contributed by atoms with Crippen LogP contribution in [0.5, 0.6) is 0 Å². The highest BCUT2D eigenvalue weighted by Gasteiger charge is 2.38. The fraction of sp³-hybridized carbons (Fsp3) is 0.842. The number of hydrogen-bond acceptors (Lipinski definition) is 6. The average molecular weight is 427 g/mol. The minimum atomic E-state index is -3.01. The van der Waals surface area contributed by atoms with Crippen LogP contribution in [0.1, 0.15) is 63.6 Å². The van der Waals surface area contributed by atoms with Crippen LogP contribution in [0.3, 0.4) is 0 Å². The molecule has 4 rings (SSSR count). The van der Waals surface area contributed by atoms with E-state index in [1.165, 1.54) is 24.6 Å². The van der Waals surface area contributed by atoms with Gasteiger partial charge in [-0.1, -0.05) is 37.4 Å². The van der Waals surface area contributed by atoms with E-state index in [9.17, 15) is 13.2 Å². The van der Waals surface area contributed by atoms with Crippen molar-refractivity contribution in [2.24, 2.45) is 0 Å². The van der Waals surface area contributed by atoms with Gasteiger partial charge in [-0.25, -0.2) is 8.42 Å². The molecule has 1 aromatic heterocycles. The molecule has 1 aromatic rings. The molecular weight excluding hydrogens is 396 g/mol. The number of hydrogen-bond donors (Lipinski definition) is 0. The second kappa shape index (κ2) is 8.73. The Bertz CT molecular complexity index is 802. The van der Waals surface area contributed by atoms with Crippen molar-refractivity contribution in [3.8, 4) is 0 Å². The summed E-state index contributed by atoms with van der Waals surface area (Å²) in [7, 11) is -3.01. The third-order valence-corrected chi connectivity index (χ3v) is 8.96. The van der Waals surface area contributed by atoms with Gasteiger partial charge in [-0.3, -0.25) is 4.79 Å². The SMILES string of the molecule is O=C(CSc1nnc2n1CCCCC2)N(C1CCCCC1)[C@@H]1CCS(=O)(=O)C1. The minimum Gasteiger partial charge on any atom is -0.335 e. The lowest BCUT2D eigenvalue weighted by Crippen LogP contribution is -2.49. The maximum Gasteiger partial charge on any atom is 0.233 e. The molecule has 7 nitrogen and oxygen atoms in total. The summed E-state index contributed by atoms with van der Waals surface area (Å²) in [5, 5.41) is 9.45. The zero-order valence-electron chi connectivity index (χ0n) is 16.4. The van der Waals surface area contributed by atoms with E-state index in [-0.39, 0.29) is 29.5 Å². The fourth-order valence-electron chi connectivity index (χ4n) is 4.83. The molecule has 1 aliphatic carbocycles. The molecule has 1 atom stereocenters.